The number of thiophene rings is 1. The first kappa shape index (κ1) is 14.0. The SMILES string of the molecule is O=[N+]([O-])c1cc(Cl)ccc1CNCCc1cccs1. The van der Waals surface area contributed by atoms with Crippen molar-refractivity contribution in [2.75, 3.05) is 6.54 Å². The lowest BCUT2D eigenvalue weighted by Gasteiger charge is -2.05. The second-order valence-electron chi connectivity index (χ2n) is 4.04. The number of nitro groups is 1. The summed E-state index contributed by atoms with van der Waals surface area (Å²) in [6.45, 7) is 1.26. The van der Waals surface area contributed by atoms with Gasteiger partial charge in [0.05, 0.1) is 4.92 Å². The van der Waals surface area contributed by atoms with Crippen LogP contribution in [-0.2, 0) is 13.0 Å². The smallest absolute Gasteiger partial charge is 0.275 e. The van der Waals surface area contributed by atoms with Gasteiger partial charge in [0.25, 0.3) is 5.69 Å². The molecule has 0 aliphatic heterocycles. The Morgan fingerprint density at radius 2 is 2.21 bits per heavy atom. The number of hydrogen-bond donors (Lipinski definition) is 1. The van der Waals surface area contributed by atoms with Crippen LogP contribution in [0.1, 0.15) is 10.4 Å². The van der Waals surface area contributed by atoms with Crippen LogP contribution in [-0.4, -0.2) is 11.5 Å². The van der Waals surface area contributed by atoms with Gasteiger partial charge in [-0.15, -0.1) is 11.3 Å². The van der Waals surface area contributed by atoms with Crippen LogP contribution in [0.3, 0.4) is 0 Å². The van der Waals surface area contributed by atoms with Gasteiger partial charge in [-0.2, -0.15) is 0 Å². The van der Waals surface area contributed by atoms with Gasteiger partial charge >= 0.3 is 0 Å². The van der Waals surface area contributed by atoms with Crippen molar-refractivity contribution in [2.24, 2.45) is 0 Å². The molecule has 1 aromatic carbocycles. The van der Waals surface area contributed by atoms with Crippen molar-refractivity contribution in [3.8, 4) is 0 Å². The molecule has 0 unspecified atom stereocenters. The third kappa shape index (κ3) is 4.02. The fourth-order valence-electron chi connectivity index (χ4n) is 1.75. The zero-order valence-electron chi connectivity index (χ0n) is 10.1. The maximum atomic E-state index is 10.9. The Bertz CT molecular complexity index is 558. The minimum Gasteiger partial charge on any atom is -0.312 e. The molecule has 100 valence electrons. The van der Waals surface area contributed by atoms with Crippen LogP contribution in [0.4, 0.5) is 5.69 Å². The van der Waals surface area contributed by atoms with Crippen molar-refractivity contribution in [3.05, 3.63) is 61.3 Å². The maximum Gasteiger partial charge on any atom is 0.275 e. The van der Waals surface area contributed by atoms with Gasteiger partial charge in [0.2, 0.25) is 0 Å². The molecular weight excluding hydrogens is 284 g/mol. The van der Waals surface area contributed by atoms with Gasteiger partial charge in [-0.25, -0.2) is 0 Å². The largest absolute Gasteiger partial charge is 0.312 e. The van der Waals surface area contributed by atoms with E-state index in [0.29, 0.717) is 17.1 Å². The summed E-state index contributed by atoms with van der Waals surface area (Å²) in [5.41, 5.74) is 0.719. The van der Waals surface area contributed by atoms with E-state index in [1.807, 2.05) is 11.4 Å². The number of nitro benzene ring substituents is 1. The summed E-state index contributed by atoms with van der Waals surface area (Å²) < 4.78 is 0. The lowest BCUT2D eigenvalue weighted by atomic mass is 10.2. The lowest BCUT2D eigenvalue weighted by Crippen LogP contribution is -2.17. The highest BCUT2D eigenvalue weighted by Gasteiger charge is 2.13. The molecule has 0 spiro atoms. The summed E-state index contributed by atoms with van der Waals surface area (Å²) in [5.74, 6) is 0. The van der Waals surface area contributed by atoms with Crippen LogP contribution < -0.4 is 5.32 Å². The molecule has 0 saturated heterocycles. The number of halogens is 1. The monoisotopic (exact) mass is 296 g/mol. The highest BCUT2D eigenvalue weighted by molar-refractivity contribution is 7.09. The van der Waals surface area contributed by atoms with Gasteiger partial charge in [-0.1, -0.05) is 17.7 Å². The first-order valence-electron chi connectivity index (χ1n) is 5.83. The third-order valence-electron chi connectivity index (χ3n) is 2.69. The zero-order chi connectivity index (χ0) is 13.7. The molecular formula is C13H13ClN2O2S. The second-order valence-corrected chi connectivity index (χ2v) is 5.50. The fourth-order valence-corrected chi connectivity index (χ4v) is 2.62. The van der Waals surface area contributed by atoms with Crippen molar-refractivity contribution >= 4 is 28.6 Å². The normalized spacial score (nSPS) is 10.6. The molecule has 0 saturated carbocycles. The van der Waals surface area contributed by atoms with E-state index in [-0.39, 0.29) is 5.69 Å². The predicted molar refractivity (Wildman–Crippen MR) is 77.8 cm³/mol. The summed E-state index contributed by atoms with van der Waals surface area (Å²) in [7, 11) is 0. The molecule has 4 nitrogen and oxygen atoms in total. The molecule has 0 atom stereocenters. The highest BCUT2D eigenvalue weighted by atomic mass is 35.5. The molecule has 1 heterocycles. The third-order valence-corrected chi connectivity index (χ3v) is 3.86. The minimum atomic E-state index is -0.401. The van der Waals surface area contributed by atoms with E-state index in [9.17, 15) is 10.1 Å². The molecule has 6 heteroatoms. The Kier molecular flexibility index (Phi) is 4.90. The Hall–Kier alpha value is -1.43. The number of nitrogens with zero attached hydrogens (tertiary/aromatic N) is 1. The maximum absolute atomic E-state index is 10.9. The topological polar surface area (TPSA) is 55.2 Å². The van der Waals surface area contributed by atoms with Crippen LogP contribution in [0.25, 0.3) is 0 Å². The molecule has 2 rings (SSSR count). The minimum absolute atomic E-state index is 0.0659. The van der Waals surface area contributed by atoms with Crippen molar-refractivity contribution in [1.82, 2.24) is 5.32 Å². The van der Waals surface area contributed by atoms with Crippen molar-refractivity contribution in [3.63, 3.8) is 0 Å². The summed E-state index contributed by atoms with van der Waals surface area (Å²) in [4.78, 5) is 11.8. The van der Waals surface area contributed by atoms with E-state index >= 15 is 0 Å². The second kappa shape index (κ2) is 6.65. The summed E-state index contributed by atoms with van der Waals surface area (Å²) in [6.07, 6.45) is 0.930. The standard InChI is InChI=1S/C13H13ClN2O2S/c14-11-4-3-10(13(8-11)16(17)18)9-15-6-5-12-2-1-7-19-12/h1-4,7-8,15H,5-6,9H2. The van der Waals surface area contributed by atoms with Crippen molar-refractivity contribution < 1.29 is 4.92 Å². The van der Waals surface area contributed by atoms with E-state index in [2.05, 4.69) is 11.4 Å². The van der Waals surface area contributed by atoms with Gasteiger partial charge in [-0.3, -0.25) is 10.1 Å². The van der Waals surface area contributed by atoms with E-state index in [1.54, 1.807) is 23.5 Å². The Labute approximate surface area is 120 Å². The predicted octanol–water partition coefficient (Wildman–Crippen LogP) is 3.64. The lowest BCUT2D eigenvalue weighted by molar-refractivity contribution is -0.385. The average molecular weight is 297 g/mol. The van der Waals surface area contributed by atoms with Crippen LogP contribution in [0.5, 0.6) is 0 Å². The van der Waals surface area contributed by atoms with Crippen LogP contribution >= 0.6 is 22.9 Å². The Balaban J connectivity index is 1.90. The molecule has 0 aliphatic rings. The van der Waals surface area contributed by atoms with Crippen LogP contribution in [0.2, 0.25) is 5.02 Å². The highest BCUT2D eigenvalue weighted by Crippen LogP contribution is 2.23. The van der Waals surface area contributed by atoms with E-state index in [1.165, 1.54) is 10.9 Å². The quantitative estimate of drug-likeness (QED) is 0.503. The Morgan fingerprint density at radius 1 is 1.37 bits per heavy atom. The van der Waals surface area contributed by atoms with E-state index in [0.717, 1.165) is 13.0 Å². The molecule has 1 N–H and O–H groups in total. The Morgan fingerprint density at radius 3 is 2.89 bits per heavy atom. The summed E-state index contributed by atoms with van der Waals surface area (Å²) in [5, 5.41) is 16.6. The molecule has 19 heavy (non-hydrogen) atoms. The molecule has 1 aromatic heterocycles. The molecule has 0 fully saturated rings. The molecule has 0 bridgehead atoms. The number of rotatable bonds is 6. The number of nitrogens with one attached hydrogen (secondary N) is 1. The van der Waals surface area contributed by atoms with Crippen LogP contribution in [0.15, 0.2) is 35.7 Å². The fraction of sp³-hybridized carbons (Fsp3) is 0.231. The first-order chi connectivity index (χ1) is 9.16. The molecule has 0 amide bonds. The molecule has 2 aromatic rings. The van der Waals surface area contributed by atoms with Crippen molar-refractivity contribution in [2.45, 2.75) is 13.0 Å². The number of hydrogen-bond acceptors (Lipinski definition) is 4. The van der Waals surface area contributed by atoms with Crippen LogP contribution in [0, 0.1) is 10.1 Å². The van der Waals surface area contributed by atoms with Gasteiger partial charge in [0.15, 0.2) is 0 Å². The summed E-state index contributed by atoms with van der Waals surface area (Å²) in [6, 6.07) is 8.85. The van der Waals surface area contributed by atoms with Crippen molar-refractivity contribution in [1.29, 1.82) is 0 Å². The van der Waals surface area contributed by atoms with E-state index < -0.39 is 4.92 Å². The van der Waals surface area contributed by atoms with Gasteiger partial charge < -0.3 is 5.32 Å². The average Bonchev–Trinajstić information content (AvgIpc) is 2.89. The van der Waals surface area contributed by atoms with Gasteiger partial charge in [-0.05, 0) is 30.0 Å². The number of benzene rings is 1. The van der Waals surface area contributed by atoms with Gasteiger partial charge in [0.1, 0.15) is 0 Å². The molecule has 0 radical (unpaired) electrons. The summed E-state index contributed by atoms with van der Waals surface area (Å²) >= 11 is 7.48. The zero-order valence-corrected chi connectivity index (χ0v) is 11.7. The molecule has 0 aliphatic carbocycles. The van der Waals surface area contributed by atoms with Gasteiger partial charge in [0, 0.05) is 34.6 Å². The van der Waals surface area contributed by atoms with E-state index in [4.69, 9.17) is 11.6 Å². The first-order valence-corrected chi connectivity index (χ1v) is 7.08.